The highest BCUT2D eigenvalue weighted by atomic mass is 32.1. The second-order valence-electron chi connectivity index (χ2n) is 5.88. The monoisotopic (exact) mass is 307 g/mol. The molecule has 0 amide bonds. The van der Waals surface area contributed by atoms with Crippen LogP contribution >= 0.6 is 11.3 Å². The van der Waals surface area contributed by atoms with Gasteiger partial charge in [-0.05, 0) is 43.4 Å². The molecule has 0 atom stereocenters. The molecule has 1 aromatic heterocycles. The van der Waals surface area contributed by atoms with E-state index < -0.39 is 0 Å². The molecule has 2 rings (SSSR count). The van der Waals surface area contributed by atoms with Crippen LogP contribution in [0.5, 0.6) is 0 Å². The first-order chi connectivity index (χ1) is 10.3. The van der Waals surface area contributed by atoms with E-state index in [1.54, 1.807) is 12.7 Å². The van der Waals surface area contributed by atoms with Crippen molar-refractivity contribution in [1.29, 1.82) is 0 Å². The van der Waals surface area contributed by atoms with Gasteiger partial charge in [-0.2, -0.15) is 0 Å². The molecule has 0 unspecified atom stereocenters. The van der Waals surface area contributed by atoms with Gasteiger partial charge in [0.15, 0.2) is 0 Å². The number of aryl methyl sites for hydroxylation is 1. The van der Waals surface area contributed by atoms with Gasteiger partial charge in [0, 0.05) is 30.0 Å². The summed E-state index contributed by atoms with van der Waals surface area (Å²) < 4.78 is 5.13. The Kier molecular flexibility index (Phi) is 7.48. The summed E-state index contributed by atoms with van der Waals surface area (Å²) in [6.07, 6.45) is 10.5. The topological polar surface area (TPSA) is 21.3 Å². The summed E-state index contributed by atoms with van der Waals surface area (Å²) in [6.45, 7) is 4.96. The van der Waals surface area contributed by atoms with Crippen molar-refractivity contribution in [3.8, 4) is 0 Å². The first-order valence-electron chi connectivity index (χ1n) is 8.32. The average Bonchev–Trinajstić information content (AvgIpc) is 2.99. The van der Waals surface area contributed by atoms with Crippen LogP contribution in [0.2, 0.25) is 0 Å². The van der Waals surface area contributed by atoms with Crippen molar-refractivity contribution >= 4 is 17.4 Å². The highest BCUT2D eigenvalue weighted by Crippen LogP contribution is 2.31. The van der Waals surface area contributed by atoms with Gasteiger partial charge in [-0.3, -0.25) is 0 Å². The molecule has 1 saturated carbocycles. The van der Waals surface area contributed by atoms with Gasteiger partial charge >= 0.3 is 0 Å². The van der Waals surface area contributed by atoms with E-state index in [0.717, 1.165) is 32.0 Å². The molecule has 1 aliphatic carbocycles. The van der Waals surface area contributed by atoms with Gasteiger partial charge in [0.1, 0.15) is 0 Å². The van der Waals surface area contributed by atoms with Crippen LogP contribution < -0.4 is 5.32 Å². The third-order valence-electron chi connectivity index (χ3n) is 4.30. The molecule has 0 aliphatic heterocycles. The van der Waals surface area contributed by atoms with Gasteiger partial charge in [0.05, 0.1) is 6.61 Å². The zero-order valence-electron chi connectivity index (χ0n) is 13.5. The molecular formula is C18H29NOS. The molecule has 0 bridgehead atoms. The van der Waals surface area contributed by atoms with Crippen molar-refractivity contribution in [2.75, 3.05) is 26.8 Å². The summed E-state index contributed by atoms with van der Waals surface area (Å²) >= 11 is 1.94. The summed E-state index contributed by atoms with van der Waals surface area (Å²) in [4.78, 5) is 2.90. The van der Waals surface area contributed by atoms with Crippen molar-refractivity contribution < 1.29 is 4.74 Å². The highest BCUT2D eigenvalue weighted by molar-refractivity contribution is 7.12. The molecule has 0 saturated heterocycles. The smallest absolute Gasteiger partial charge is 0.0587 e. The predicted molar refractivity (Wildman–Crippen MR) is 93.0 cm³/mol. The normalized spacial score (nSPS) is 17.3. The van der Waals surface area contributed by atoms with E-state index in [4.69, 9.17) is 4.74 Å². The van der Waals surface area contributed by atoms with Crippen LogP contribution in [0.4, 0.5) is 0 Å². The molecule has 1 aromatic rings. The fraction of sp³-hybridized carbons (Fsp3) is 0.667. The molecule has 1 aliphatic rings. The van der Waals surface area contributed by atoms with Crippen LogP contribution in [-0.4, -0.2) is 26.8 Å². The maximum absolute atomic E-state index is 5.13. The minimum Gasteiger partial charge on any atom is -0.383 e. The minimum absolute atomic E-state index is 0.779. The molecule has 3 heteroatoms. The Morgan fingerprint density at radius 3 is 2.81 bits per heavy atom. The lowest BCUT2D eigenvalue weighted by Gasteiger charge is -2.25. The van der Waals surface area contributed by atoms with E-state index in [1.807, 2.05) is 11.3 Å². The SMILES string of the molecule is CCc1ccc(/C=C(/CNCCOC)C2CCCCC2)s1. The minimum atomic E-state index is 0.779. The van der Waals surface area contributed by atoms with Crippen molar-refractivity contribution in [3.05, 3.63) is 27.5 Å². The molecule has 0 radical (unpaired) electrons. The molecular weight excluding hydrogens is 278 g/mol. The fourth-order valence-corrected chi connectivity index (χ4v) is 3.97. The first kappa shape index (κ1) is 16.7. The van der Waals surface area contributed by atoms with Crippen molar-refractivity contribution in [2.24, 2.45) is 5.92 Å². The predicted octanol–water partition coefficient (Wildman–Crippen LogP) is 4.51. The molecule has 1 heterocycles. The standard InChI is InChI=1S/C18H29NOS/c1-3-17-9-10-18(21-17)13-16(14-19-11-12-20-2)15-7-5-4-6-8-15/h9-10,13,15,19H,3-8,11-12,14H2,1-2H3/b16-13-. The Balaban J connectivity index is 2.02. The second kappa shape index (κ2) is 9.39. The maximum Gasteiger partial charge on any atom is 0.0587 e. The third-order valence-corrected chi connectivity index (χ3v) is 5.48. The number of hydrogen-bond acceptors (Lipinski definition) is 3. The summed E-state index contributed by atoms with van der Waals surface area (Å²) in [7, 11) is 1.76. The Hall–Kier alpha value is -0.640. The number of nitrogens with one attached hydrogen (secondary N) is 1. The van der Waals surface area contributed by atoms with Gasteiger partial charge in [-0.25, -0.2) is 0 Å². The molecule has 0 aromatic carbocycles. The third kappa shape index (κ3) is 5.57. The zero-order chi connectivity index (χ0) is 14.9. The van der Waals surface area contributed by atoms with Crippen LogP contribution in [-0.2, 0) is 11.2 Å². The van der Waals surface area contributed by atoms with Gasteiger partial charge in [0.2, 0.25) is 0 Å². The van der Waals surface area contributed by atoms with E-state index >= 15 is 0 Å². The van der Waals surface area contributed by atoms with Gasteiger partial charge in [0.25, 0.3) is 0 Å². The zero-order valence-corrected chi connectivity index (χ0v) is 14.3. The van der Waals surface area contributed by atoms with E-state index in [9.17, 15) is 0 Å². The van der Waals surface area contributed by atoms with Gasteiger partial charge in [-0.1, -0.05) is 31.8 Å². The van der Waals surface area contributed by atoms with Crippen LogP contribution in [0, 0.1) is 5.92 Å². The van der Waals surface area contributed by atoms with Crippen LogP contribution in [0.3, 0.4) is 0 Å². The molecule has 1 N–H and O–H groups in total. The van der Waals surface area contributed by atoms with Crippen molar-refractivity contribution in [2.45, 2.75) is 45.4 Å². The second-order valence-corrected chi connectivity index (χ2v) is 7.08. The van der Waals surface area contributed by atoms with E-state index in [1.165, 1.54) is 41.9 Å². The Bertz CT molecular complexity index is 432. The maximum atomic E-state index is 5.13. The van der Waals surface area contributed by atoms with Crippen LogP contribution in [0.1, 0.15) is 48.8 Å². The van der Waals surface area contributed by atoms with Crippen molar-refractivity contribution in [3.63, 3.8) is 0 Å². The lowest BCUT2D eigenvalue weighted by atomic mass is 9.83. The highest BCUT2D eigenvalue weighted by Gasteiger charge is 2.17. The van der Waals surface area contributed by atoms with E-state index in [-0.39, 0.29) is 0 Å². The van der Waals surface area contributed by atoms with Crippen LogP contribution in [0.15, 0.2) is 17.7 Å². The first-order valence-corrected chi connectivity index (χ1v) is 9.14. The Morgan fingerprint density at radius 1 is 1.33 bits per heavy atom. The van der Waals surface area contributed by atoms with Crippen molar-refractivity contribution in [1.82, 2.24) is 5.32 Å². The number of hydrogen-bond donors (Lipinski definition) is 1. The molecule has 21 heavy (non-hydrogen) atoms. The van der Waals surface area contributed by atoms with E-state index in [2.05, 4.69) is 30.4 Å². The number of thiophene rings is 1. The lowest BCUT2D eigenvalue weighted by Crippen LogP contribution is -2.25. The van der Waals surface area contributed by atoms with Crippen LogP contribution in [0.25, 0.3) is 6.08 Å². The fourth-order valence-electron chi connectivity index (χ4n) is 3.04. The Morgan fingerprint density at radius 2 is 2.14 bits per heavy atom. The molecule has 118 valence electrons. The number of methoxy groups -OCH3 is 1. The Labute approximate surface area is 133 Å². The molecule has 1 fully saturated rings. The summed E-state index contributed by atoms with van der Waals surface area (Å²) in [6, 6.07) is 4.55. The molecule has 0 spiro atoms. The summed E-state index contributed by atoms with van der Waals surface area (Å²) in [5.74, 6) is 0.779. The van der Waals surface area contributed by atoms with E-state index in [0.29, 0.717) is 0 Å². The molecule has 2 nitrogen and oxygen atoms in total. The quantitative estimate of drug-likeness (QED) is 0.713. The number of rotatable bonds is 8. The summed E-state index contributed by atoms with van der Waals surface area (Å²) in [5.41, 5.74) is 1.59. The van der Waals surface area contributed by atoms with Gasteiger partial charge in [-0.15, -0.1) is 11.3 Å². The largest absolute Gasteiger partial charge is 0.383 e. The average molecular weight is 308 g/mol. The number of ether oxygens (including phenoxy) is 1. The van der Waals surface area contributed by atoms with Gasteiger partial charge < -0.3 is 10.1 Å². The summed E-state index contributed by atoms with van der Waals surface area (Å²) in [5, 5.41) is 3.54. The lowest BCUT2D eigenvalue weighted by molar-refractivity contribution is 0.200.